The molecule has 2 rings (SSSR count). The number of aliphatic hydroxyl groups excluding tert-OH is 1. The van der Waals surface area contributed by atoms with Gasteiger partial charge in [0.05, 0.1) is 6.10 Å². The van der Waals surface area contributed by atoms with Gasteiger partial charge in [-0.15, -0.1) is 0 Å². The Bertz CT molecular complexity index is 322. The zero-order valence-corrected chi connectivity index (χ0v) is 11.5. The van der Waals surface area contributed by atoms with E-state index in [9.17, 15) is 9.90 Å². The van der Waals surface area contributed by atoms with E-state index in [4.69, 9.17) is 0 Å². The van der Waals surface area contributed by atoms with Crippen LogP contribution >= 0.6 is 0 Å². The van der Waals surface area contributed by atoms with Crippen LogP contribution in [-0.4, -0.2) is 34.6 Å². The van der Waals surface area contributed by atoms with Gasteiger partial charge in [-0.25, -0.2) is 0 Å². The van der Waals surface area contributed by atoms with Gasteiger partial charge in [-0.05, 0) is 31.1 Å². The highest BCUT2D eigenvalue weighted by molar-refractivity contribution is 5.84. The third-order valence-corrected chi connectivity index (χ3v) is 4.71. The molecule has 0 radical (unpaired) electrons. The Hall–Kier alpha value is -0.570. The van der Waals surface area contributed by atoms with Crippen molar-refractivity contribution in [3.63, 3.8) is 0 Å². The molecule has 0 spiro atoms. The molecule has 17 heavy (non-hydrogen) atoms. The van der Waals surface area contributed by atoms with Gasteiger partial charge in [-0.2, -0.15) is 0 Å². The number of likely N-dealkylation sites (tertiary alicyclic amines) is 1. The molecule has 1 aliphatic heterocycles. The monoisotopic (exact) mass is 239 g/mol. The first-order valence-corrected chi connectivity index (χ1v) is 6.73. The van der Waals surface area contributed by atoms with Crippen LogP contribution in [0.1, 0.15) is 53.4 Å². The Morgan fingerprint density at radius 3 is 2.41 bits per heavy atom. The standard InChI is InChI=1S/C14H25NO2/c1-13(2)6-5-10(16)9-11(13)15-8-7-14(3,4)12(15)17/h10-11,16H,5-9H2,1-4H3. The van der Waals surface area contributed by atoms with Crippen LogP contribution in [-0.2, 0) is 4.79 Å². The second-order valence-corrected chi connectivity index (χ2v) is 7.07. The fourth-order valence-corrected chi connectivity index (χ4v) is 3.24. The van der Waals surface area contributed by atoms with Crippen LogP contribution in [0, 0.1) is 10.8 Å². The van der Waals surface area contributed by atoms with Crippen molar-refractivity contribution < 1.29 is 9.90 Å². The molecule has 3 nitrogen and oxygen atoms in total. The van der Waals surface area contributed by atoms with Crippen LogP contribution in [0.15, 0.2) is 0 Å². The van der Waals surface area contributed by atoms with E-state index in [2.05, 4.69) is 13.8 Å². The highest BCUT2D eigenvalue weighted by Crippen LogP contribution is 2.43. The lowest BCUT2D eigenvalue weighted by molar-refractivity contribution is -0.141. The van der Waals surface area contributed by atoms with Crippen molar-refractivity contribution in [2.45, 2.75) is 65.5 Å². The average Bonchev–Trinajstić information content (AvgIpc) is 2.47. The Morgan fingerprint density at radius 1 is 1.24 bits per heavy atom. The zero-order chi connectivity index (χ0) is 12.8. The second kappa shape index (κ2) is 3.98. The van der Waals surface area contributed by atoms with Crippen molar-refractivity contribution in [1.82, 2.24) is 4.90 Å². The SMILES string of the molecule is CC1(C)CCN(C2CC(O)CCC2(C)C)C1=O. The molecule has 1 amide bonds. The minimum Gasteiger partial charge on any atom is -0.393 e. The maximum absolute atomic E-state index is 12.4. The summed E-state index contributed by atoms with van der Waals surface area (Å²) in [6, 6.07) is 0.209. The number of carbonyl (C=O) groups is 1. The maximum atomic E-state index is 12.4. The molecule has 1 heterocycles. The van der Waals surface area contributed by atoms with Crippen molar-refractivity contribution in [3.8, 4) is 0 Å². The molecule has 0 bridgehead atoms. The molecule has 1 aliphatic carbocycles. The first-order valence-electron chi connectivity index (χ1n) is 6.73. The van der Waals surface area contributed by atoms with E-state index in [1.54, 1.807) is 0 Å². The summed E-state index contributed by atoms with van der Waals surface area (Å²) < 4.78 is 0. The fourth-order valence-electron chi connectivity index (χ4n) is 3.24. The molecule has 2 atom stereocenters. The Morgan fingerprint density at radius 2 is 1.88 bits per heavy atom. The van der Waals surface area contributed by atoms with Crippen LogP contribution in [0.25, 0.3) is 0 Å². The Balaban J connectivity index is 2.19. The van der Waals surface area contributed by atoms with Gasteiger partial charge in [-0.3, -0.25) is 4.79 Å². The molecule has 2 aliphatic rings. The first kappa shape index (κ1) is 12.9. The summed E-state index contributed by atoms with van der Waals surface area (Å²) in [5.41, 5.74) is -0.0756. The van der Waals surface area contributed by atoms with Crippen LogP contribution in [0.4, 0.5) is 0 Å². The van der Waals surface area contributed by atoms with Crippen LogP contribution in [0.3, 0.4) is 0 Å². The van der Waals surface area contributed by atoms with E-state index < -0.39 is 0 Å². The number of hydrogen-bond acceptors (Lipinski definition) is 2. The minimum absolute atomic E-state index is 0.134. The summed E-state index contributed by atoms with van der Waals surface area (Å²) in [4.78, 5) is 14.4. The molecular weight excluding hydrogens is 214 g/mol. The van der Waals surface area contributed by atoms with Crippen LogP contribution in [0.5, 0.6) is 0 Å². The van der Waals surface area contributed by atoms with Crippen molar-refractivity contribution in [2.24, 2.45) is 10.8 Å². The number of aliphatic hydroxyl groups is 1. The van der Waals surface area contributed by atoms with E-state index in [1.807, 2.05) is 18.7 Å². The molecular formula is C14H25NO2. The lowest BCUT2D eigenvalue weighted by Crippen LogP contribution is -2.51. The molecule has 98 valence electrons. The largest absolute Gasteiger partial charge is 0.393 e. The van der Waals surface area contributed by atoms with Crippen molar-refractivity contribution in [2.75, 3.05) is 6.54 Å². The van der Waals surface area contributed by atoms with E-state index >= 15 is 0 Å². The topological polar surface area (TPSA) is 40.5 Å². The van der Waals surface area contributed by atoms with Gasteiger partial charge in [0.25, 0.3) is 0 Å². The van der Waals surface area contributed by atoms with Crippen molar-refractivity contribution in [1.29, 1.82) is 0 Å². The number of hydrogen-bond donors (Lipinski definition) is 1. The molecule has 2 unspecified atom stereocenters. The van der Waals surface area contributed by atoms with Gasteiger partial charge in [0.2, 0.25) is 5.91 Å². The lowest BCUT2D eigenvalue weighted by Gasteiger charge is -2.45. The van der Waals surface area contributed by atoms with Gasteiger partial charge in [-0.1, -0.05) is 27.7 Å². The molecule has 1 saturated carbocycles. The van der Waals surface area contributed by atoms with Gasteiger partial charge in [0, 0.05) is 18.0 Å². The van der Waals surface area contributed by atoms with Crippen molar-refractivity contribution >= 4 is 5.91 Å². The molecule has 3 heteroatoms. The highest BCUT2D eigenvalue weighted by atomic mass is 16.3. The summed E-state index contributed by atoms with van der Waals surface area (Å²) in [6.07, 6.45) is 3.32. The lowest BCUT2D eigenvalue weighted by atomic mass is 9.71. The van der Waals surface area contributed by atoms with Gasteiger partial charge >= 0.3 is 0 Å². The predicted octanol–water partition coefficient (Wildman–Crippen LogP) is 2.18. The average molecular weight is 239 g/mol. The Kier molecular flexibility index (Phi) is 3.01. The predicted molar refractivity (Wildman–Crippen MR) is 67.5 cm³/mol. The summed E-state index contributed by atoms with van der Waals surface area (Å²) in [5.74, 6) is 0.268. The summed E-state index contributed by atoms with van der Waals surface area (Å²) in [7, 11) is 0. The number of nitrogens with zero attached hydrogens (tertiary/aromatic N) is 1. The summed E-state index contributed by atoms with van der Waals surface area (Å²) in [6.45, 7) is 9.36. The van der Waals surface area contributed by atoms with E-state index in [-0.39, 0.29) is 28.9 Å². The van der Waals surface area contributed by atoms with Crippen molar-refractivity contribution in [3.05, 3.63) is 0 Å². The molecule has 0 aromatic heterocycles. The Labute approximate surface area is 104 Å². The van der Waals surface area contributed by atoms with E-state index in [0.717, 1.165) is 32.2 Å². The number of carbonyl (C=O) groups excluding carboxylic acids is 1. The minimum atomic E-state index is -0.232. The zero-order valence-electron chi connectivity index (χ0n) is 11.5. The summed E-state index contributed by atoms with van der Waals surface area (Å²) in [5, 5.41) is 9.85. The number of rotatable bonds is 1. The normalized spacial score (nSPS) is 36.3. The highest BCUT2D eigenvalue weighted by Gasteiger charge is 2.47. The van der Waals surface area contributed by atoms with E-state index in [0.29, 0.717) is 0 Å². The fraction of sp³-hybridized carbons (Fsp3) is 0.929. The van der Waals surface area contributed by atoms with Crippen LogP contribution < -0.4 is 0 Å². The second-order valence-electron chi connectivity index (χ2n) is 7.07. The molecule has 2 fully saturated rings. The molecule has 1 saturated heterocycles. The molecule has 0 aromatic rings. The van der Waals surface area contributed by atoms with Gasteiger partial charge in [0.1, 0.15) is 0 Å². The maximum Gasteiger partial charge on any atom is 0.228 e. The molecule has 1 N–H and O–H groups in total. The third kappa shape index (κ3) is 2.22. The quantitative estimate of drug-likeness (QED) is 0.762. The van der Waals surface area contributed by atoms with Gasteiger partial charge in [0.15, 0.2) is 0 Å². The first-order chi connectivity index (χ1) is 7.74. The summed E-state index contributed by atoms with van der Waals surface area (Å²) >= 11 is 0. The third-order valence-electron chi connectivity index (χ3n) is 4.71. The number of amides is 1. The van der Waals surface area contributed by atoms with Gasteiger partial charge < -0.3 is 10.0 Å². The van der Waals surface area contributed by atoms with E-state index in [1.165, 1.54) is 0 Å². The smallest absolute Gasteiger partial charge is 0.228 e. The molecule has 0 aromatic carbocycles. The van der Waals surface area contributed by atoms with Crippen LogP contribution in [0.2, 0.25) is 0 Å².